The van der Waals surface area contributed by atoms with Crippen molar-refractivity contribution >= 4 is 9.84 Å². The third-order valence-electron chi connectivity index (χ3n) is 3.24. The lowest BCUT2D eigenvalue weighted by Crippen LogP contribution is -2.35. The van der Waals surface area contributed by atoms with Crippen LogP contribution in [0.25, 0.3) is 0 Å². The molecule has 0 spiro atoms. The molecule has 0 fully saturated rings. The van der Waals surface area contributed by atoms with Crippen molar-refractivity contribution in [3.05, 3.63) is 35.4 Å². The van der Waals surface area contributed by atoms with Crippen LogP contribution in [0.5, 0.6) is 0 Å². The summed E-state index contributed by atoms with van der Waals surface area (Å²) in [6, 6.07) is 7.78. The molecule has 0 saturated heterocycles. The summed E-state index contributed by atoms with van der Waals surface area (Å²) in [5.41, 5.74) is 8.44. The van der Waals surface area contributed by atoms with Gasteiger partial charge in [-0.3, -0.25) is 0 Å². The van der Waals surface area contributed by atoms with Crippen LogP contribution in [0.1, 0.15) is 23.7 Å². The van der Waals surface area contributed by atoms with Gasteiger partial charge >= 0.3 is 0 Å². The van der Waals surface area contributed by atoms with Crippen LogP contribution in [0.3, 0.4) is 0 Å². The first-order valence-electron chi connectivity index (χ1n) is 6.10. The molecular formula is C13H19NO3S. The van der Waals surface area contributed by atoms with Crippen molar-refractivity contribution in [2.24, 2.45) is 5.73 Å². The molecule has 18 heavy (non-hydrogen) atoms. The SMILES string of the molecule is CS(=O)(=O)CCC(N)C1OCCc2ccccc21. The Balaban J connectivity index is 2.10. The largest absolute Gasteiger partial charge is 0.372 e. The van der Waals surface area contributed by atoms with Gasteiger partial charge in [-0.25, -0.2) is 8.42 Å². The summed E-state index contributed by atoms with van der Waals surface area (Å²) >= 11 is 0. The van der Waals surface area contributed by atoms with E-state index in [0.29, 0.717) is 13.0 Å². The van der Waals surface area contributed by atoms with Crippen LogP contribution in [0.15, 0.2) is 24.3 Å². The Morgan fingerprint density at radius 2 is 2.17 bits per heavy atom. The molecule has 0 bridgehead atoms. The highest BCUT2D eigenvalue weighted by molar-refractivity contribution is 7.90. The molecule has 2 unspecified atom stereocenters. The molecule has 1 aliphatic rings. The summed E-state index contributed by atoms with van der Waals surface area (Å²) in [6.45, 7) is 0.647. The number of rotatable bonds is 4. The third kappa shape index (κ3) is 3.31. The highest BCUT2D eigenvalue weighted by Crippen LogP contribution is 2.29. The van der Waals surface area contributed by atoms with Crippen molar-refractivity contribution in [3.63, 3.8) is 0 Å². The smallest absolute Gasteiger partial charge is 0.147 e. The lowest BCUT2D eigenvalue weighted by Gasteiger charge is -2.30. The van der Waals surface area contributed by atoms with E-state index in [-0.39, 0.29) is 17.9 Å². The average Bonchev–Trinajstić information content (AvgIpc) is 2.34. The van der Waals surface area contributed by atoms with E-state index in [9.17, 15) is 8.42 Å². The van der Waals surface area contributed by atoms with Crippen LogP contribution in [-0.4, -0.2) is 33.1 Å². The predicted octanol–water partition coefficient (Wildman–Crippen LogP) is 1.06. The van der Waals surface area contributed by atoms with Gasteiger partial charge in [-0.05, 0) is 24.0 Å². The summed E-state index contributed by atoms with van der Waals surface area (Å²) in [6.07, 6.45) is 2.37. The van der Waals surface area contributed by atoms with Crippen LogP contribution in [0.2, 0.25) is 0 Å². The molecule has 2 rings (SSSR count). The topological polar surface area (TPSA) is 69.4 Å². The minimum atomic E-state index is -2.97. The zero-order chi connectivity index (χ0) is 13.2. The average molecular weight is 269 g/mol. The summed E-state index contributed by atoms with van der Waals surface area (Å²) < 4.78 is 28.0. The number of ether oxygens (including phenoxy) is 1. The third-order valence-corrected chi connectivity index (χ3v) is 4.22. The van der Waals surface area contributed by atoms with E-state index in [0.717, 1.165) is 12.0 Å². The van der Waals surface area contributed by atoms with Gasteiger partial charge in [0.1, 0.15) is 9.84 Å². The molecule has 1 aliphatic heterocycles. The normalized spacial score (nSPS) is 21.3. The van der Waals surface area contributed by atoms with Gasteiger partial charge in [0.15, 0.2) is 0 Å². The van der Waals surface area contributed by atoms with Crippen molar-refractivity contribution in [1.29, 1.82) is 0 Å². The molecule has 0 aromatic heterocycles. The van der Waals surface area contributed by atoms with Gasteiger partial charge in [-0.1, -0.05) is 24.3 Å². The van der Waals surface area contributed by atoms with Crippen LogP contribution >= 0.6 is 0 Å². The maximum absolute atomic E-state index is 11.2. The monoisotopic (exact) mass is 269 g/mol. The standard InChI is InChI=1S/C13H19NO3S/c1-18(15,16)9-7-12(14)13-11-5-3-2-4-10(11)6-8-17-13/h2-5,12-13H,6-9,14H2,1H3. The molecule has 1 aromatic rings. The zero-order valence-corrected chi connectivity index (χ0v) is 11.3. The van der Waals surface area contributed by atoms with Gasteiger partial charge in [0.25, 0.3) is 0 Å². The summed E-state index contributed by atoms with van der Waals surface area (Å²) in [4.78, 5) is 0. The fourth-order valence-corrected chi connectivity index (χ4v) is 2.98. The van der Waals surface area contributed by atoms with Crippen molar-refractivity contribution in [2.45, 2.75) is 25.0 Å². The molecular weight excluding hydrogens is 250 g/mol. The lowest BCUT2D eigenvalue weighted by atomic mass is 9.93. The Bertz CT molecular complexity index is 513. The number of nitrogens with two attached hydrogens (primary N) is 1. The van der Waals surface area contributed by atoms with E-state index in [2.05, 4.69) is 6.07 Å². The van der Waals surface area contributed by atoms with E-state index < -0.39 is 9.84 Å². The van der Waals surface area contributed by atoms with Gasteiger partial charge < -0.3 is 10.5 Å². The number of sulfone groups is 1. The fraction of sp³-hybridized carbons (Fsp3) is 0.538. The number of fused-ring (bicyclic) bond motifs is 1. The van der Waals surface area contributed by atoms with E-state index in [1.165, 1.54) is 11.8 Å². The Morgan fingerprint density at radius 3 is 2.89 bits per heavy atom. The number of hydrogen-bond acceptors (Lipinski definition) is 4. The molecule has 0 aliphatic carbocycles. The van der Waals surface area contributed by atoms with Gasteiger partial charge in [0.2, 0.25) is 0 Å². The van der Waals surface area contributed by atoms with Crippen molar-refractivity contribution < 1.29 is 13.2 Å². The van der Waals surface area contributed by atoms with E-state index in [1.807, 2.05) is 18.2 Å². The first kappa shape index (κ1) is 13.5. The molecule has 1 aromatic carbocycles. The molecule has 0 radical (unpaired) electrons. The van der Waals surface area contributed by atoms with E-state index >= 15 is 0 Å². The zero-order valence-electron chi connectivity index (χ0n) is 10.5. The Hall–Kier alpha value is -0.910. The van der Waals surface area contributed by atoms with Crippen molar-refractivity contribution in [3.8, 4) is 0 Å². The quantitative estimate of drug-likeness (QED) is 0.887. The van der Waals surface area contributed by atoms with E-state index in [1.54, 1.807) is 0 Å². The van der Waals surface area contributed by atoms with Crippen molar-refractivity contribution in [2.75, 3.05) is 18.6 Å². The molecule has 5 heteroatoms. The second-order valence-corrected chi connectivity index (χ2v) is 7.08. The summed E-state index contributed by atoms with van der Waals surface area (Å²) in [5, 5.41) is 0. The lowest BCUT2D eigenvalue weighted by molar-refractivity contribution is 0.0239. The Kier molecular flexibility index (Phi) is 4.04. The minimum absolute atomic E-state index is 0.107. The van der Waals surface area contributed by atoms with Gasteiger partial charge in [0.05, 0.1) is 18.5 Å². The minimum Gasteiger partial charge on any atom is -0.372 e. The first-order valence-corrected chi connectivity index (χ1v) is 8.16. The Morgan fingerprint density at radius 1 is 1.44 bits per heavy atom. The van der Waals surface area contributed by atoms with Crippen LogP contribution in [0.4, 0.5) is 0 Å². The van der Waals surface area contributed by atoms with Crippen LogP contribution in [-0.2, 0) is 21.0 Å². The van der Waals surface area contributed by atoms with Crippen LogP contribution < -0.4 is 5.73 Å². The second kappa shape index (κ2) is 5.38. The number of benzene rings is 1. The molecule has 0 saturated carbocycles. The fourth-order valence-electron chi connectivity index (χ4n) is 2.28. The Labute approximate surface area is 108 Å². The molecule has 4 nitrogen and oxygen atoms in total. The second-order valence-electron chi connectivity index (χ2n) is 4.82. The van der Waals surface area contributed by atoms with Crippen LogP contribution in [0, 0.1) is 0 Å². The van der Waals surface area contributed by atoms with Crippen molar-refractivity contribution in [1.82, 2.24) is 0 Å². The molecule has 0 amide bonds. The van der Waals surface area contributed by atoms with Gasteiger partial charge in [0, 0.05) is 12.3 Å². The maximum atomic E-state index is 11.2. The summed E-state index contributed by atoms with van der Waals surface area (Å²) in [7, 11) is -2.97. The number of hydrogen-bond donors (Lipinski definition) is 1. The highest BCUT2D eigenvalue weighted by Gasteiger charge is 2.26. The van der Waals surface area contributed by atoms with Gasteiger partial charge in [-0.2, -0.15) is 0 Å². The molecule has 1 heterocycles. The maximum Gasteiger partial charge on any atom is 0.147 e. The van der Waals surface area contributed by atoms with Gasteiger partial charge in [-0.15, -0.1) is 0 Å². The first-order chi connectivity index (χ1) is 8.47. The highest BCUT2D eigenvalue weighted by atomic mass is 32.2. The summed E-state index contributed by atoms with van der Waals surface area (Å²) in [5.74, 6) is 0.107. The molecule has 2 N–H and O–H groups in total. The molecule has 2 atom stereocenters. The molecule has 100 valence electrons. The van der Waals surface area contributed by atoms with E-state index in [4.69, 9.17) is 10.5 Å². The predicted molar refractivity (Wildman–Crippen MR) is 71.1 cm³/mol.